The maximum absolute atomic E-state index is 11.6. The molecule has 0 spiro atoms. The first-order valence-corrected chi connectivity index (χ1v) is 12.1. The molecule has 3 rings (SSSR count). The van der Waals surface area contributed by atoms with E-state index in [0.717, 1.165) is 12.5 Å². The van der Waals surface area contributed by atoms with Gasteiger partial charge in [-0.05, 0) is 46.5 Å². The van der Waals surface area contributed by atoms with E-state index in [1.54, 1.807) is 36.4 Å². The lowest BCUT2D eigenvalue weighted by atomic mass is 9.80. The number of fused-ring (bicyclic) bond motifs is 3. The Morgan fingerprint density at radius 2 is 1.15 bits per heavy atom. The fourth-order valence-electron chi connectivity index (χ4n) is 3.23. The van der Waals surface area contributed by atoms with Gasteiger partial charge in [-0.1, -0.05) is 35.3 Å². The second-order valence-corrected chi connectivity index (χ2v) is 10.6. The standard InChI is InChI=1S/C17H16Cl2O6S2/c1-26(20,21)24-9-17(10-25-27(2,22)23)15-5-3-11(18)7-13(15)14-8-12(19)4-6-16(14)17/h3-8H,9-10H2,1-2H3. The van der Waals surface area contributed by atoms with Crippen LogP contribution >= 0.6 is 23.2 Å². The van der Waals surface area contributed by atoms with Gasteiger partial charge in [-0.25, -0.2) is 0 Å². The summed E-state index contributed by atoms with van der Waals surface area (Å²) in [6.45, 7) is -0.658. The molecule has 0 saturated carbocycles. The van der Waals surface area contributed by atoms with Crippen molar-refractivity contribution in [1.29, 1.82) is 0 Å². The van der Waals surface area contributed by atoms with Crippen LogP contribution in [0.5, 0.6) is 0 Å². The lowest BCUT2D eigenvalue weighted by molar-refractivity contribution is 0.182. The van der Waals surface area contributed by atoms with Crippen molar-refractivity contribution < 1.29 is 25.2 Å². The Kier molecular flexibility index (Phi) is 5.35. The molecule has 0 bridgehead atoms. The van der Waals surface area contributed by atoms with Gasteiger partial charge in [-0.15, -0.1) is 0 Å². The smallest absolute Gasteiger partial charge is 0.264 e. The Hall–Kier alpha value is -1.16. The zero-order valence-electron chi connectivity index (χ0n) is 14.4. The van der Waals surface area contributed by atoms with Crippen molar-refractivity contribution in [2.75, 3.05) is 25.7 Å². The highest BCUT2D eigenvalue weighted by Crippen LogP contribution is 2.51. The number of halogens is 2. The van der Waals surface area contributed by atoms with Crippen LogP contribution in [0.3, 0.4) is 0 Å². The van der Waals surface area contributed by atoms with Gasteiger partial charge < -0.3 is 0 Å². The number of benzene rings is 2. The maximum atomic E-state index is 11.6. The topological polar surface area (TPSA) is 86.7 Å². The van der Waals surface area contributed by atoms with Crippen LogP contribution in [0.2, 0.25) is 10.0 Å². The lowest BCUT2D eigenvalue weighted by Crippen LogP contribution is -2.38. The van der Waals surface area contributed by atoms with E-state index in [9.17, 15) is 16.8 Å². The summed E-state index contributed by atoms with van der Waals surface area (Å²) >= 11 is 12.3. The van der Waals surface area contributed by atoms with Crippen LogP contribution in [-0.4, -0.2) is 42.6 Å². The van der Waals surface area contributed by atoms with E-state index in [0.29, 0.717) is 32.3 Å². The molecule has 0 atom stereocenters. The minimum Gasteiger partial charge on any atom is -0.269 e. The van der Waals surface area contributed by atoms with Gasteiger partial charge >= 0.3 is 0 Å². The molecule has 0 aromatic heterocycles. The highest BCUT2D eigenvalue weighted by molar-refractivity contribution is 7.86. The van der Waals surface area contributed by atoms with E-state index in [2.05, 4.69) is 0 Å². The van der Waals surface area contributed by atoms with Crippen molar-refractivity contribution in [3.05, 3.63) is 57.6 Å². The monoisotopic (exact) mass is 450 g/mol. The minimum absolute atomic E-state index is 0.329. The van der Waals surface area contributed by atoms with E-state index in [1.165, 1.54) is 0 Å². The Balaban J connectivity index is 2.25. The summed E-state index contributed by atoms with van der Waals surface area (Å²) in [6, 6.07) is 10.1. The van der Waals surface area contributed by atoms with Crippen LogP contribution in [0.15, 0.2) is 36.4 Å². The van der Waals surface area contributed by atoms with Crippen LogP contribution in [-0.2, 0) is 34.0 Å². The molecule has 146 valence electrons. The summed E-state index contributed by atoms with van der Waals surface area (Å²) in [6.07, 6.45) is 1.86. The Morgan fingerprint density at radius 1 is 0.778 bits per heavy atom. The second kappa shape index (κ2) is 7.02. The van der Waals surface area contributed by atoms with Crippen molar-refractivity contribution in [2.45, 2.75) is 5.41 Å². The zero-order valence-corrected chi connectivity index (χ0v) is 17.5. The number of hydrogen-bond acceptors (Lipinski definition) is 6. The summed E-state index contributed by atoms with van der Waals surface area (Å²) in [7, 11) is -7.56. The van der Waals surface area contributed by atoms with E-state index in [1.807, 2.05) is 0 Å². The largest absolute Gasteiger partial charge is 0.269 e. The zero-order chi connectivity index (χ0) is 20.0. The molecule has 10 heteroatoms. The van der Waals surface area contributed by atoms with E-state index in [-0.39, 0.29) is 13.2 Å². The van der Waals surface area contributed by atoms with Crippen molar-refractivity contribution in [3.63, 3.8) is 0 Å². The lowest BCUT2D eigenvalue weighted by Gasteiger charge is -2.30. The molecule has 0 amide bonds. The highest BCUT2D eigenvalue weighted by atomic mass is 35.5. The summed E-state index contributed by atoms with van der Waals surface area (Å²) < 4.78 is 56.7. The van der Waals surface area contributed by atoms with E-state index >= 15 is 0 Å². The van der Waals surface area contributed by atoms with Crippen LogP contribution in [0.25, 0.3) is 11.1 Å². The molecule has 2 aromatic rings. The molecule has 27 heavy (non-hydrogen) atoms. The molecule has 0 heterocycles. The van der Waals surface area contributed by atoms with Crippen molar-refractivity contribution in [2.24, 2.45) is 0 Å². The molecule has 0 saturated heterocycles. The molecule has 1 aliphatic rings. The molecule has 0 radical (unpaired) electrons. The van der Waals surface area contributed by atoms with Crippen LogP contribution in [0.1, 0.15) is 11.1 Å². The van der Waals surface area contributed by atoms with Gasteiger partial charge in [0.15, 0.2) is 0 Å². The van der Waals surface area contributed by atoms with Gasteiger partial charge in [0, 0.05) is 10.0 Å². The minimum atomic E-state index is -3.78. The first-order valence-electron chi connectivity index (χ1n) is 7.70. The Morgan fingerprint density at radius 3 is 1.48 bits per heavy atom. The molecule has 0 N–H and O–H groups in total. The summed E-state index contributed by atoms with van der Waals surface area (Å²) in [5.41, 5.74) is 1.57. The normalized spacial score (nSPS) is 15.4. The molecule has 1 aliphatic carbocycles. The van der Waals surface area contributed by atoms with Crippen molar-refractivity contribution >= 4 is 43.4 Å². The van der Waals surface area contributed by atoms with Crippen LogP contribution < -0.4 is 0 Å². The first kappa shape index (κ1) is 20.6. The fourth-order valence-corrected chi connectivity index (χ4v) is 4.40. The van der Waals surface area contributed by atoms with Gasteiger partial charge in [-0.2, -0.15) is 16.8 Å². The van der Waals surface area contributed by atoms with Gasteiger partial charge in [0.25, 0.3) is 20.2 Å². The summed E-state index contributed by atoms with van der Waals surface area (Å²) in [4.78, 5) is 0. The second-order valence-electron chi connectivity index (χ2n) is 6.39. The molecular weight excluding hydrogens is 435 g/mol. The third kappa shape index (κ3) is 4.31. The molecule has 2 aromatic carbocycles. The van der Waals surface area contributed by atoms with Gasteiger partial charge in [0.1, 0.15) is 0 Å². The predicted molar refractivity (Wildman–Crippen MR) is 104 cm³/mol. The predicted octanol–water partition coefficient (Wildman–Crippen LogP) is 3.21. The average molecular weight is 451 g/mol. The summed E-state index contributed by atoms with van der Waals surface area (Å²) in [5, 5.41) is 0.951. The van der Waals surface area contributed by atoms with Crippen LogP contribution in [0, 0.1) is 0 Å². The number of hydrogen-bond donors (Lipinski definition) is 0. The molecule has 0 aliphatic heterocycles. The average Bonchev–Trinajstić information content (AvgIpc) is 2.79. The number of rotatable bonds is 6. The Labute approximate surface area is 168 Å². The van der Waals surface area contributed by atoms with Crippen molar-refractivity contribution in [1.82, 2.24) is 0 Å². The molecule has 0 unspecified atom stereocenters. The SMILES string of the molecule is CS(=O)(=O)OCC1(COS(C)(=O)=O)c2ccc(Cl)cc2-c2cc(Cl)ccc21. The van der Waals surface area contributed by atoms with Gasteiger partial charge in [-0.3, -0.25) is 8.37 Å². The van der Waals surface area contributed by atoms with Crippen LogP contribution in [0.4, 0.5) is 0 Å². The first-order chi connectivity index (χ1) is 12.4. The Bertz CT molecular complexity index is 1020. The van der Waals surface area contributed by atoms with E-state index < -0.39 is 25.7 Å². The van der Waals surface area contributed by atoms with E-state index in [4.69, 9.17) is 31.6 Å². The fraction of sp³-hybridized carbons (Fsp3) is 0.294. The van der Waals surface area contributed by atoms with Gasteiger partial charge in [0.2, 0.25) is 0 Å². The quantitative estimate of drug-likeness (QED) is 0.627. The third-order valence-corrected chi connectivity index (χ3v) is 5.89. The highest BCUT2D eigenvalue weighted by Gasteiger charge is 2.45. The van der Waals surface area contributed by atoms with Gasteiger partial charge in [0.05, 0.1) is 31.1 Å². The third-order valence-electron chi connectivity index (χ3n) is 4.32. The maximum Gasteiger partial charge on any atom is 0.264 e. The molecular formula is C17H16Cl2O6S2. The van der Waals surface area contributed by atoms with Crippen molar-refractivity contribution in [3.8, 4) is 11.1 Å². The molecule has 0 fully saturated rings. The molecule has 6 nitrogen and oxygen atoms in total. The summed E-state index contributed by atoms with van der Waals surface area (Å²) in [5.74, 6) is 0.